The smallest absolute Gasteiger partial charge is 0.246 e. The zero-order chi connectivity index (χ0) is 21.6. The molecule has 3 aromatic rings. The van der Waals surface area contributed by atoms with Crippen LogP contribution in [0, 0.1) is 12.7 Å². The van der Waals surface area contributed by atoms with Gasteiger partial charge in [-0.3, -0.25) is 4.79 Å². The number of amides is 1. The number of hydrogen-bond acceptors (Lipinski definition) is 5. The molecule has 1 amide bonds. The predicted octanol–water partition coefficient (Wildman–Crippen LogP) is 4.08. The van der Waals surface area contributed by atoms with E-state index in [9.17, 15) is 9.18 Å². The van der Waals surface area contributed by atoms with E-state index in [-0.39, 0.29) is 11.7 Å². The van der Waals surface area contributed by atoms with Crippen molar-refractivity contribution in [1.82, 2.24) is 14.9 Å². The van der Waals surface area contributed by atoms with Crippen LogP contribution in [0.1, 0.15) is 11.4 Å². The maximum atomic E-state index is 13.7. The number of halogens is 1. The average Bonchev–Trinajstić information content (AvgIpc) is 2.79. The van der Waals surface area contributed by atoms with Gasteiger partial charge < -0.3 is 14.5 Å². The zero-order valence-corrected chi connectivity index (χ0v) is 17.2. The molecule has 7 heteroatoms. The fourth-order valence-electron chi connectivity index (χ4n) is 3.38. The first-order chi connectivity index (χ1) is 15.1. The third-order valence-corrected chi connectivity index (χ3v) is 4.99. The number of aromatic nitrogens is 2. The normalized spacial score (nSPS) is 14.1. The van der Waals surface area contributed by atoms with Gasteiger partial charge in [0.1, 0.15) is 23.2 Å². The van der Waals surface area contributed by atoms with E-state index < -0.39 is 0 Å². The van der Waals surface area contributed by atoms with Crippen LogP contribution in [0.3, 0.4) is 0 Å². The number of nitrogens with zero attached hydrogens (tertiary/aromatic N) is 4. The van der Waals surface area contributed by atoms with Crippen molar-refractivity contribution in [2.75, 3.05) is 31.1 Å². The van der Waals surface area contributed by atoms with Gasteiger partial charge in [0.05, 0.1) is 0 Å². The van der Waals surface area contributed by atoms with Gasteiger partial charge in [0, 0.05) is 43.9 Å². The average molecular weight is 418 g/mol. The molecule has 1 fully saturated rings. The number of piperazine rings is 1. The minimum absolute atomic E-state index is 0.130. The summed E-state index contributed by atoms with van der Waals surface area (Å²) in [5.74, 6) is 2.12. The molecule has 0 aliphatic carbocycles. The highest BCUT2D eigenvalue weighted by atomic mass is 19.1. The summed E-state index contributed by atoms with van der Waals surface area (Å²) in [7, 11) is 0. The predicted molar refractivity (Wildman–Crippen MR) is 118 cm³/mol. The lowest BCUT2D eigenvalue weighted by molar-refractivity contribution is -0.126. The molecular formula is C24H23FN4O2. The zero-order valence-electron chi connectivity index (χ0n) is 17.2. The van der Waals surface area contributed by atoms with Crippen molar-refractivity contribution < 1.29 is 13.9 Å². The van der Waals surface area contributed by atoms with E-state index in [0.29, 0.717) is 49.2 Å². The molecule has 0 radical (unpaired) electrons. The van der Waals surface area contributed by atoms with Crippen molar-refractivity contribution in [1.29, 1.82) is 0 Å². The van der Waals surface area contributed by atoms with Gasteiger partial charge in [-0.25, -0.2) is 9.37 Å². The lowest BCUT2D eigenvalue weighted by Crippen LogP contribution is -2.48. The largest absolute Gasteiger partial charge is 0.439 e. The van der Waals surface area contributed by atoms with Crippen LogP contribution in [0.2, 0.25) is 0 Å². The van der Waals surface area contributed by atoms with Crippen molar-refractivity contribution in [2.24, 2.45) is 0 Å². The number of aryl methyl sites for hydroxylation is 1. The van der Waals surface area contributed by atoms with Gasteiger partial charge in [-0.15, -0.1) is 0 Å². The number of ether oxygens (including phenoxy) is 1. The Labute approximate surface area is 180 Å². The van der Waals surface area contributed by atoms with E-state index in [4.69, 9.17) is 4.74 Å². The van der Waals surface area contributed by atoms with E-state index in [2.05, 4.69) is 14.9 Å². The van der Waals surface area contributed by atoms with Crippen LogP contribution >= 0.6 is 0 Å². The molecular weight excluding hydrogens is 395 g/mol. The number of rotatable bonds is 5. The topological polar surface area (TPSA) is 58.6 Å². The minimum atomic E-state index is -0.343. The molecule has 1 aliphatic heterocycles. The molecule has 158 valence electrons. The maximum Gasteiger partial charge on any atom is 0.246 e. The van der Waals surface area contributed by atoms with Gasteiger partial charge in [0.25, 0.3) is 0 Å². The molecule has 0 saturated carbocycles. The Morgan fingerprint density at radius 1 is 1.00 bits per heavy atom. The summed E-state index contributed by atoms with van der Waals surface area (Å²) >= 11 is 0. The Balaban J connectivity index is 1.38. The lowest BCUT2D eigenvalue weighted by Gasteiger charge is -2.35. The first kappa shape index (κ1) is 20.5. The maximum absolute atomic E-state index is 13.7. The molecule has 2 aromatic carbocycles. The SMILES string of the molecule is Cc1nc(Oc2ccccc2)cc(N2CCN(C(=O)/C=C/c3ccccc3F)CC2)n1. The molecule has 2 heterocycles. The molecule has 4 rings (SSSR count). The Bertz CT molecular complexity index is 1080. The molecule has 0 spiro atoms. The summed E-state index contributed by atoms with van der Waals surface area (Å²) in [6.45, 7) is 4.21. The summed E-state index contributed by atoms with van der Waals surface area (Å²) < 4.78 is 19.6. The van der Waals surface area contributed by atoms with Gasteiger partial charge >= 0.3 is 0 Å². The van der Waals surface area contributed by atoms with E-state index in [1.807, 2.05) is 43.3 Å². The second-order valence-electron chi connectivity index (χ2n) is 7.19. The molecule has 1 aromatic heterocycles. The highest BCUT2D eigenvalue weighted by Crippen LogP contribution is 2.24. The highest BCUT2D eigenvalue weighted by molar-refractivity contribution is 5.92. The van der Waals surface area contributed by atoms with Crippen LogP contribution in [-0.2, 0) is 4.79 Å². The first-order valence-corrected chi connectivity index (χ1v) is 10.1. The highest BCUT2D eigenvalue weighted by Gasteiger charge is 2.21. The van der Waals surface area contributed by atoms with E-state index in [1.165, 1.54) is 18.2 Å². The summed E-state index contributed by atoms with van der Waals surface area (Å²) in [6.07, 6.45) is 2.94. The van der Waals surface area contributed by atoms with Gasteiger partial charge in [-0.05, 0) is 31.2 Å². The second kappa shape index (κ2) is 9.38. The Kier molecular flexibility index (Phi) is 6.21. The van der Waals surface area contributed by atoms with Crippen molar-refractivity contribution in [3.05, 3.63) is 83.9 Å². The van der Waals surface area contributed by atoms with E-state index in [1.54, 1.807) is 23.1 Å². The van der Waals surface area contributed by atoms with Crippen molar-refractivity contribution >= 4 is 17.8 Å². The third kappa shape index (κ3) is 5.25. The van der Waals surface area contributed by atoms with E-state index >= 15 is 0 Å². The number of carbonyl (C=O) groups is 1. The number of para-hydroxylation sites is 1. The standard InChI is InChI=1S/C24H23FN4O2/c1-18-26-22(17-23(27-18)31-20-8-3-2-4-9-20)28-13-15-29(16-14-28)24(30)12-11-19-7-5-6-10-21(19)25/h2-12,17H,13-16H2,1H3/b12-11+. The summed E-state index contributed by atoms with van der Waals surface area (Å²) in [5.41, 5.74) is 0.400. The number of anilines is 1. The second-order valence-corrected chi connectivity index (χ2v) is 7.19. The van der Waals surface area contributed by atoms with Crippen LogP contribution in [0.5, 0.6) is 11.6 Å². The van der Waals surface area contributed by atoms with E-state index in [0.717, 1.165) is 5.82 Å². The van der Waals surface area contributed by atoms with Gasteiger partial charge in [0.15, 0.2) is 0 Å². The van der Waals surface area contributed by atoms with Crippen LogP contribution < -0.4 is 9.64 Å². The molecule has 31 heavy (non-hydrogen) atoms. The first-order valence-electron chi connectivity index (χ1n) is 10.1. The Morgan fingerprint density at radius 3 is 2.45 bits per heavy atom. The molecule has 6 nitrogen and oxygen atoms in total. The lowest BCUT2D eigenvalue weighted by atomic mass is 10.2. The van der Waals surface area contributed by atoms with Gasteiger partial charge in [-0.2, -0.15) is 4.98 Å². The molecule has 0 bridgehead atoms. The number of carbonyl (C=O) groups excluding carboxylic acids is 1. The fraction of sp³-hybridized carbons (Fsp3) is 0.208. The molecule has 0 unspecified atom stereocenters. The number of hydrogen-bond donors (Lipinski definition) is 0. The Morgan fingerprint density at radius 2 is 1.71 bits per heavy atom. The van der Waals surface area contributed by atoms with Crippen molar-refractivity contribution in [2.45, 2.75) is 6.92 Å². The molecule has 0 N–H and O–H groups in total. The Hall–Kier alpha value is -3.74. The van der Waals surface area contributed by atoms with Crippen molar-refractivity contribution in [3.63, 3.8) is 0 Å². The quantitative estimate of drug-likeness (QED) is 0.585. The molecule has 0 atom stereocenters. The summed E-state index contributed by atoms with van der Waals surface area (Å²) in [6, 6.07) is 17.7. The summed E-state index contributed by atoms with van der Waals surface area (Å²) in [5, 5.41) is 0. The van der Waals surface area contributed by atoms with Crippen molar-refractivity contribution in [3.8, 4) is 11.6 Å². The van der Waals surface area contributed by atoms with Crippen LogP contribution in [0.15, 0.2) is 66.7 Å². The van der Waals surface area contributed by atoms with Crippen LogP contribution in [0.4, 0.5) is 10.2 Å². The van der Waals surface area contributed by atoms with Gasteiger partial charge in [0.2, 0.25) is 11.8 Å². The third-order valence-electron chi connectivity index (χ3n) is 4.99. The molecule has 1 aliphatic rings. The number of benzene rings is 2. The van der Waals surface area contributed by atoms with Crippen LogP contribution in [0.25, 0.3) is 6.08 Å². The monoisotopic (exact) mass is 418 g/mol. The van der Waals surface area contributed by atoms with Crippen LogP contribution in [-0.4, -0.2) is 47.0 Å². The summed E-state index contributed by atoms with van der Waals surface area (Å²) in [4.78, 5) is 25.2. The molecule has 1 saturated heterocycles. The minimum Gasteiger partial charge on any atom is -0.439 e. The fourth-order valence-corrected chi connectivity index (χ4v) is 3.38. The van der Waals surface area contributed by atoms with Gasteiger partial charge in [-0.1, -0.05) is 36.4 Å².